The molecular weight excluding hydrogens is 400 g/mol. The summed E-state index contributed by atoms with van der Waals surface area (Å²) in [6.07, 6.45) is 0.623. The van der Waals surface area contributed by atoms with Gasteiger partial charge in [0.05, 0.1) is 18.6 Å². The highest BCUT2D eigenvalue weighted by Gasteiger charge is 2.56. The van der Waals surface area contributed by atoms with Gasteiger partial charge in [0.2, 0.25) is 0 Å². The van der Waals surface area contributed by atoms with Crippen molar-refractivity contribution < 1.29 is 28.6 Å². The van der Waals surface area contributed by atoms with Crippen LogP contribution in [0.15, 0.2) is 30.3 Å². The molecule has 0 aliphatic carbocycles. The molecule has 31 heavy (non-hydrogen) atoms. The van der Waals surface area contributed by atoms with Crippen molar-refractivity contribution in [1.29, 1.82) is 0 Å². The first-order valence-corrected chi connectivity index (χ1v) is 10.7. The smallest absolute Gasteiger partial charge is 0.410 e. The zero-order chi connectivity index (χ0) is 22.6. The number of ether oxygens (including phenoxy) is 3. The summed E-state index contributed by atoms with van der Waals surface area (Å²) in [6, 6.07) is 9.50. The van der Waals surface area contributed by atoms with Gasteiger partial charge in [-0.15, -0.1) is 0 Å². The molecule has 2 saturated heterocycles. The maximum absolute atomic E-state index is 12.9. The Balaban J connectivity index is 1.68. The summed E-state index contributed by atoms with van der Waals surface area (Å²) in [6.45, 7) is 6.86. The van der Waals surface area contributed by atoms with E-state index in [0.717, 1.165) is 5.56 Å². The van der Waals surface area contributed by atoms with Crippen LogP contribution in [0.4, 0.5) is 9.59 Å². The second kappa shape index (κ2) is 9.16. The van der Waals surface area contributed by atoms with Crippen LogP contribution in [0.5, 0.6) is 0 Å². The molecule has 2 amide bonds. The fraction of sp³-hybridized carbons (Fsp3) is 0.609. The SMILES string of the molecule is COC(=O)C1CCN(C(=O)OC(C)(C)C)C12CCN(C(=O)OCc1ccccc1)CC2. The van der Waals surface area contributed by atoms with E-state index in [1.807, 2.05) is 51.1 Å². The molecule has 1 unspecified atom stereocenters. The fourth-order valence-corrected chi connectivity index (χ4v) is 4.51. The van der Waals surface area contributed by atoms with Gasteiger partial charge >= 0.3 is 18.2 Å². The molecule has 8 heteroatoms. The molecule has 0 radical (unpaired) electrons. The monoisotopic (exact) mass is 432 g/mol. The minimum Gasteiger partial charge on any atom is -0.469 e. The van der Waals surface area contributed by atoms with Crippen LogP contribution in [0, 0.1) is 5.92 Å². The molecule has 0 N–H and O–H groups in total. The van der Waals surface area contributed by atoms with Crippen molar-refractivity contribution in [1.82, 2.24) is 9.80 Å². The van der Waals surface area contributed by atoms with Crippen LogP contribution in [0.2, 0.25) is 0 Å². The van der Waals surface area contributed by atoms with Crippen LogP contribution in [-0.4, -0.2) is 65.8 Å². The number of amides is 2. The van der Waals surface area contributed by atoms with E-state index in [1.165, 1.54) is 7.11 Å². The highest BCUT2D eigenvalue weighted by Crippen LogP contribution is 2.44. The minimum atomic E-state index is -0.717. The first kappa shape index (κ1) is 22.9. The molecule has 3 rings (SSSR count). The second-order valence-corrected chi connectivity index (χ2v) is 9.13. The number of hydrogen-bond donors (Lipinski definition) is 0. The third kappa shape index (κ3) is 5.11. The van der Waals surface area contributed by atoms with E-state index in [0.29, 0.717) is 38.9 Å². The minimum absolute atomic E-state index is 0.204. The summed E-state index contributed by atoms with van der Waals surface area (Å²) in [5.41, 5.74) is -0.433. The Morgan fingerprint density at radius 1 is 1.03 bits per heavy atom. The van der Waals surface area contributed by atoms with E-state index in [9.17, 15) is 14.4 Å². The van der Waals surface area contributed by atoms with Crippen molar-refractivity contribution in [3.05, 3.63) is 35.9 Å². The Labute approximate surface area is 183 Å². The summed E-state index contributed by atoms with van der Waals surface area (Å²) in [4.78, 5) is 41.3. The maximum atomic E-state index is 12.9. The van der Waals surface area contributed by atoms with Crippen LogP contribution < -0.4 is 0 Å². The molecule has 1 aromatic rings. The van der Waals surface area contributed by atoms with Crippen LogP contribution in [0.25, 0.3) is 0 Å². The molecule has 1 atom stereocenters. The van der Waals surface area contributed by atoms with Crippen LogP contribution in [0.3, 0.4) is 0 Å². The predicted octanol–water partition coefficient (Wildman–Crippen LogP) is 3.59. The highest BCUT2D eigenvalue weighted by atomic mass is 16.6. The van der Waals surface area contributed by atoms with Gasteiger partial charge in [-0.1, -0.05) is 30.3 Å². The van der Waals surface area contributed by atoms with Gasteiger partial charge in [0.25, 0.3) is 0 Å². The molecule has 8 nitrogen and oxygen atoms in total. The Bertz CT molecular complexity index is 796. The lowest BCUT2D eigenvalue weighted by molar-refractivity contribution is -0.149. The first-order chi connectivity index (χ1) is 14.7. The van der Waals surface area contributed by atoms with Gasteiger partial charge in [-0.2, -0.15) is 0 Å². The topological polar surface area (TPSA) is 85.4 Å². The molecule has 0 saturated carbocycles. The normalized spacial score (nSPS) is 20.5. The largest absolute Gasteiger partial charge is 0.469 e. The lowest BCUT2D eigenvalue weighted by Crippen LogP contribution is -2.59. The summed E-state index contributed by atoms with van der Waals surface area (Å²) >= 11 is 0. The number of nitrogens with zero attached hydrogens (tertiary/aromatic N) is 2. The second-order valence-electron chi connectivity index (χ2n) is 9.13. The van der Waals surface area contributed by atoms with Crippen LogP contribution in [0.1, 0.15) is 45.6 Å². The number of esters is 1. The Kier molecular flexibility index (Phi) is 6.77. The molecule has 2 aliphatic heterocycles. The van der Waals surface area contributed by atoms with Crippen molar-refractivity contribution in [3.63, 3.8) is 0 Å². The number of methoxy groups -OCH3 is 1. The Morgan fingerprint density at radius 3 is 2.26 bits per heavy atom. The van der Waals surface area contributed by atoms with Gasteiger partial charge in [-0.25, -0.2) is 9.59 Å². The maximum Gasteiger partial charge on any atom is 0.410 e. The van der Waals surface area contributed by atoms with Gasteiger partial charge in [0.1, 0.15) is 12.2 Å². The Morgan fingerprint density at radius 2 is 1.68 bits per heavy atom. The zero-order valence-corrected chi connectivity index (χ0v) is 18.8. The van der Waals surface area contributed by atoms with Crippen molar-refractivity contribution in [2.45, 2.75) is 57.8 Å². The highest BCUT2D eigenvalue weighted by molar-refractivity contribution is 5.78. The lowest BCUT2D eigenvalue weighted by atomic mass is 9.77. The van der Waals surface area contributed by atoms with Crippen molar-refractivity contribution >= 4 is 18.2 Å². The molecule has 0 aromatic heterocycles. The predicted molar refractivity (Wildman–Crippen MR) is 113 cm³/mol. The number of piperidine rings is 1. The van der Waals surface area contributed by atoms with Gasteiger partial charge in [-0.05, 0) is 45.6 Å². The van der Waals surface area contributed by atoms with Crippen LogP contribution >= 0.6 is 0 Å². The van der Waals surface area contributed by atoms with E-state index < -0.39 is 29.2 Å². The first-order valence-electron chi connectivity index (χ1n) is 10.7. The fourth-order valence-electron chi connectivity index (χ4n) is 4.51. The third-order valence-corrected chi connectivity index (χ3v) is 6.02. The van der Waals surface area contributed by atoms with Crippen molar-refractivity contribution in [2.75, 3.05) is 26.7 Å². The summed E-state index contributed by atoms with van der Waals surface area (Å²) in [5, 5.41) is 0. The molecule has 0 bridgehead atoms. The standard InChI is InChI=1S/C23H32N2O6/c1-22(2,3)31-21(28)25-13-10-18(19(26)29-4)23(25)11-14-24(15-12-23)20(27)30-16-17-8-6-5-7-9-17/h5-9,18H,10-16H2,1-4H3. The molecule has 1 aromatic carbocycles. The average Bonchev–Trinajstić information content (AvgIpc) is 3.10. The number of rotatable bonds is 3. The number of carbonyl (C=O) groups excluding carboxylic acids is 3. The van der Waals surface area contributed by atoms with E-state index >= 15 is 0 Å². The number of benzene rings is 1. The van der Waals surface area contributed by atoms with Gasteiger partial charge in [0.15, 0.2) is 0 Å². The molecule has 2 aliphatic rings. The van der Waals surface area contributed by atoms with Crippen molar-refractivity contribution in [3.8, 4) is 0 Å². The van der Waals surface area contributed by atoms with Crippen molar-refractivity contribution in [2.24, 2.45) is 5.92 Å². The summed E-state index contributed by atoms with van der Waals surface area (Å²) in [5.74, 6) is -0.765. The quantitative estimate of drug-likeness (QED) is 0.536. The molecular formula is C23H32N2O6. The third-order valence-electron chi connectivity index (χ3n) is 6.02. The average molecular weight is 433 g/mol. The number of hydrogen-bond acceptors (Lipinski definition) is 6. The van der Waals surface area contributed by atoms with E-state index in [1.54, 1.807) is 9.80 Å². The zero-order valence-electron chi connectivity index (χ0n) is 18.8. The number of likely N-dealkylation sites (tertiary alicyclic amines) is 2. The van der Waals surface area contributed by atoms with Gasteiger partial charge in [-0.3, -0.25) is 4.79 Å². The Hall–Kier alpha value is -2.77. The molecule has 2 fully saturated rings. The molecule has 2 heterocycles. The van der Waals surface area contributed by atoms with E-state index in [2.05, 4.69) is 0 Å². The summed E-state index contributed by atoms with van der Waals surface area (Å²) < 4.78 is 16.1. The van der Waals surface area contributed by atoms with Gasteiger partial charge in [0, 0.05) is 19.6 Å². The number of carbonyl (C=O) groups is 3. The molecule has 1 spiro atoms. The lowest BCUT2D eigenvalue weighted by Gasteiger charge is -2.46. The van der Waals surface area contributed by atoms with Crippen LogP contribution in [-0.2, 0) is 25.6 Å². The summed E-state index contributed by atoms with van der Waals surface area (Å²) in [7, 11) is 1.36. The van der Waals surface area contributed by atoms with E-state index in [4.69, 9.17) is 14.2 Å². The molecule has 170 valence electrons. The van der Waals surface area contributed by atoms with E-state index in [-0.39, 0.29) is 12.6 Å². The van der Waals surface area contributed by atoms with Gasteiger partial charge < -0.3 is 24.0 Å².